The number of anilines is 1. The Hall–Kier alpha value is -2.41. The quantitative estimate of drug-likeness (QED) is 0.536. The van der Waals surface area contributed by atoms with Crippen molar-refractivity contribution in [1.29, 1.82) is 0 Å². The van der Waals surface area contributed by atoms with Gasteiger partial charge < -0.3 is 25.2 Å². The number of nitrogens with one attached hydrogen (secondary N) is 2. The van der Waals surface area contributed by atoms with Crippen LogP contribution in [0.15, 0.2) is 16.6 Å². The summed E-state index contributed by atoms with van der Waals surface area (Å²) in [5.41, 5.74) is -1.29. The van der Waals surface area contributed by atoms with Crippen molar-refractivity contribution in [3.8, 4) is 0 Å². The fourth-order valence-corrected chi connectivity index (χ4v) is 5.41. The summed E-state index contributed by atoms with van der Waals surface area (Å²) in [4.78, 5) is 40.7. The molecular weight excluding hydrogens is 552 g/mol. The van der Waals surface area contributed by atoms with Crippen LogP contribution < -0.4 is 15.5 Å². The molecule has 0 radical (unpaired) electrons. The molecule has 3 amide bonds. The first-order valence-electron chi connectivity index (χ1n) is 11.7. The molecule has 0 saturated carbocycles. The summed E-state index contributed by atoms with van der Waals surface area (Å²) in [6.45, 7) is 2.95. The molecule has 1 aromatic carbocycles. The Labute approximate surface area is 213 Å². The van der Waals surface area contributed by atoms with Crippen LogP contribution in [0.25, 0.3) is 0 Å². The molecule has 198 valence electrons. The lowest BCUT2D eigenvalue weighted by atomic mass is 9.90. The summed E-state index contributed by atoms with van der Waals surface area (Å²) in [6, 6.07) is 1.38. The second-order valence-electron chi connectivity index (χ2n) is 9.35. The number of hydrogen-bond donors (Lipinski definition) is 2. The van der Waals surface area contributed by atoms with E-state index in [-0.39, 0.29) is 54.4 Å². The standard InChI is InChI=1S/C23H27BrF4N4O4/c1-12-8-15(18(25)21(34)29-12)20(33)30-14-2-3-32(11-14)19-16(22(35)31-4-6-36-7-5-31)9-13(24)10-17(19)23(26,27)28/h9-10,12,14-15,18H,2-8,11H2,1H3,(H,29,34)(H,30,33)/t12?,14-,15?,18?/m1/s1. The van der Waals surface area contributed by atoms with Gasteiger partial charge in [-0.2, -0.15) is 13.2 Å². The Morgan fingerprint density at radius 2 is 1.89 bits per heavy atom. The molecular formula is C23H27BrF4N4O4. The van der Waals surface area contributed by atoms with Gasteiger partial charge in [0, 0.05) is 42.7 Å². The van der Waals surface area contributed by atoms with Crippen molar-refractivity contribution >= 4 is 39.3 Å². The normalized spacial score (nSPS) is 27.1. The molecule has 8 nitrogen and oxygen atoms in total. The van der Waals surface area contributed by atoms with Gasteiger partial charge in [0.1, 0.15) is 0 Å². The summed E-state index contributed by atoms with van der Waals surface area (Å²) >= 11 is 3.11. The SMILES string of the molecule is CC1CC(C(=O)N[C@@H]2CCN(c3c(C(=O)N4CCOCC4)cc(Br)cc3C(F)(F)F)C2)C(F)C(=O)N1. The van der Waals surface area contributed by atoms with Crippen molar-refractivity contribution in [2.24, 2.45) is 5.92 Å². The largest absolute Gasteiger partial charge is 0.418 e. The van der Waals surface area contributed by atoms with E-state index in [1.165, 1.54) is 15.9 Å². The Morgan fingerprint density at radius 1 is 1.19 bits per heavy atom. The van der Waals surface area contributed by atoms with Crippen molar-refractivity contribution in [1.82, 2.24) is 15.5 Å². The average molecular weight is 579 g/mol. The number of morpholine rings is 1. The molecule has 2 N–H and O–H groups in total. The Kier molecular flexibility index (Phi) is 7.79. The van der Waals surface area contributed by atoms with E-state index in [0.717, 1.165) is 6.07 Å². The minimum absolute atomic E-state index is 0.00522. The Bertz CT molecular complexity index is 1030. The molecule has 36 heavy (non-hydrogen) atoms. The summed E-state index contributed by atoms with van der Waals surface area (Å²) in [5.74, 6) is -3.19. The molecule has 4 atom stereocenters. The van der Waals surface area contributed by atoms with Gasteiger partial charge in [-0.15, -0.1) is 0 Å². The van der Waals surface area contributed by atoms with Crippen molar-refractivity contribution in [3.05, 3.63) is 27.7 Å². The van der Waals surface area contributed by atoms with E-state index in [1.807, 2.05) is 0 Å². The number of halogens is 5. The number of carbonyl (C=O) groups excluding carboxylic acids is 3. The molecule has 4 rings (SSSR count). The highest BCUT2D eigenvalue weighted by Crippen LogP contribution is 2.42. The first kappa shape index (κ1) is 26.6. The summed E-state index contributed by atoms with van der Waals surface area (Å²) < 4.78 is 62.0. The van der Waals surface area contributed by atoms with Gasteiger partial charge in [0.25, 0.3) is 11.8 Å². The third-order valence-corrected chi connectivity index (χ3v) is 7.15. The van der Waals surface area contributed by atoms with E-state index in [1.54, 1.807) is 6.92 Å². The lowest BCUT2D eigenvalue weighted by Crippen LogP contribution is -2.54. The topological polar surface area (TPSA) is 91.0 Å². The van der Waals surface area contributed by atoms with Crippen LogP contribution >= 0.6 is 15.9 Å². The highest BCUT2D eigenvalue weighted by atomic mass is 79.9. The molecule has 0 bridgehead atoms. The molecule has 3 saturated heterocycles. The van der Waals surface area contributed by atoms with Gasteiger partial charge in [-0.3, -0.25) is 14.4 Å². The van der Waals surface area contributed by atoms with Crippen LogP contribution in [-0.4, -0.2) is 80.3 Å². The minimum Gasteiger partial charge on any atom is -0.378 e. The van der Waals surface area contributed by atoms with E-state index < -0.39 is 47.6 Å². The van der Waals surface area contributed by atoms with Crippen LogP contribution in [0.3, 0.4) is 0 Å². The van der Waals surface area contributed by atoms with Gasteiger partial charge >= 0.3 is 6.18 Å². The van der Waals surface area contributed by atoms with Crippen LogP contribution in [0.2, 0.25) is 0 Å². The van der Waals surface area contributed by atoms with E-state index in [9.17, 15) is 31.9 Å². The van der Waals surface area contributed by atoms with E-state index >= 15 is 0 Å². The van der Waals surface area contributed by atoms with Crippen molar-refractivity contribution in [3.63, 3.8) is 0 Å². The highest BCUT2D eigenvalue weighted by molar-refractivity contribution is 9.10. The van der Waals surface area contributed by atoms with Crippen LogP contribution in [0.5, 0.6) is 0 Å². The number of amides is 3. The maximum absolute atomic E-state index is 14.4. The first-order valence-corrected chi connectivity index (χ1v) is 12.5. The number of alkyl halides is 4. The Balaban J connectivity index is 1.58. The number of hydrogen-bond acceptors (Lipinski definition) is 5. The van der Waals surface area contributed by atoms with Crippen LogP contribution in [0, 0.1) is 5.92 Å². The van der Waals surface area contributed by atoms with Gasteiger partial charge in [-0.25, -0.2) is 4.39 Å². The fourth-order valence-electron chi connectivity index (χ4n) is 4.95. The lowest BCUT2D eigenvalue weighted by Gasteiger charge is -2.31. The zero-order valence-electron chi connectivity index (χ0n) is 19.5. The van der Waals surface area contributed by atoms with Gasteiger partial charge in [0.15, 0.2) is 6.17 Å². The molecule has 3 unspecified atom stereocenters. The lowest BCUT2D eigenvalue weighted by molar-refractivity contribution is -0.140. The minimum atomic E-state index is -4.73. The van der Waals surface area contributed by atoms with E-state index in [2.05, 4.69) is 26.6 Å². The van der Waals surface area contributed by atoms with Crippen LogP contribution in [0.4, 0.5) is 23.2 Å². The maximum atomic E-state index is 14.4. The van der Waals surface area contributed by atoms with E-state index in [4.69, 9.17) is 4.74 Å². The van der Waals surface area contributed by atoms with Gasteiger partial charge in [-0.1, -0.05) is 15.9 Å². The predicted octanol–water partition coefficient (Wildman–Crippen LogP) is 2.50. The number of rotatable bonds is 4. The molecule has 3 aliphatic heterocycles. The van der Waals surface area contributed by atoms with E-state index in [0.29, 0.717) is 19.6 Å². The Morgan fingerprint density at radius 3 is 2.56 bits per heavy atom. The monoisotopic (exact) mass is 578 g/mol. The number of ether oxygens (including phenoxy) is 1. The predicted molar refractivity (Wildman–Crippen MR) is 125 cm³/mol. The smallest absolute Gasteiger partial charge is 0.378 e. The van der Waals surface area contributed by atoms with Crippen molar-refractivity contribution < 1.29 is 36.7 Å². The number of benzene rings is 1. The third kappa shape index (κ3) is 5.61. The van der Waals surface area contributed by atoms with Crippen molar-refractivity contribution in [2.75, 3.05) is 44.3 Å². The number of piperidine rings is 1. The van der Waals surface area contributed by atoms with Gasteiger partial charge in [0.05, 0.1) is 35.9 Å². The highest BCUT2D eigenvalue weighted by Gasteiger charge is 2.42. The zero-order chi connectivity index (χ0) is 26.2. The molecule has 3 aliphatic rings. The molecule has 13 heteroatoms. The molecule has 0 spiro atoms. The first-order chi connectivity index (χ1) is 17.0. The summed E-state index contributed by atoms with van der Waals surface area (Å²) in [6.07, 6.45) is -6.29. The summed E-state index contributed by atoms with van der Waals surface area (Å²) in [5, 5.41) is 5.15. The fraction of sp³-hybridized carbons (Fsp3) is 0.609. The van der Waals surface area contributed by atoms with Crippen LogP contribution in [0.1, 0.15) is 35.7 Å². The van der Waals surface area contributed by atoms with Gasteiger partial charge in [-0.05, 0) is 31.9 Å². The second-order valence-corrected chi connectivity index (χ2v) is 10.3. The molecule has 3 heterocycles. The number of carbonyl (C=O) groups is 3. The third-order valence-electron chi connectivity index (χ3n) is 6.70. The van der Waals surface area contributed by atoms with Crippen molar-refractivity contribution in [2.45, 2.75) is 44.2 Å². The number of nitrogens with zero attached hydrogens (tertiary/aromatic N) is 2. The molecule has 1 aromatic rings. The average Bonchev–Trinajstić information content (AvgIpc) is 3.28. The second kappa shape index (κ2) is 10.5. The molecule has 0 aliphatic carbocycles. The zero-order valence-corrected chi connectivity index (χ0v) is 21.1. The summed E-state index contributed by atoms with van der Waals surface area (Å²) in [7, 11) is 0. The van der Waals surface area contributed by atoms with Crippen LogP contribution in [-0.2, 0) is 20.5 Å². The molecule has 0 aromatic heterocycles. The van der Waals surface area contributed by atoms with Gasteiger partial charge in [0.2, 0.25) is 5.91 Å². The molecule has 3 fully saturated rings. The maximum Gasteiger partial charge on any atom is 0.418 e.